The summed E-state index contributed by atoms with van der Waals surface area (Å²) >= 11 is 3.40. The molecule has 1 fully saturated rings. The van der Waals surface area contributed by atoms with Gasteiger partial charge in [0.1, 0.15) is 5.75 Å². The van der Waals surface area contributed by atoms with Crippen molar-refractivity contribution in [2.75, 3.05) is 43.5 Å². The average molecular weight is 474 g/mol. The molecule has 1 saturated heterocycles. The van der Waals surface area contributed by atoms with E-state index in [0.717, 1.165) is 42.0 Å². The number of benzene rings is 2. The van der Waals surface area contributed by atoms with Crippen molar-refractivity contribution in [2.45, 2.75) is 20.3 Å². The van der Waals surface area contributed by atoms with Gasteiger partial charge >= 0.3 is 0 Å². The van der Waals surface area contributed by atoms with E-state index in [2.05, 4.69) is 40.0 Å². The van der Waals surface area contributed by atoms with Gasteiger partial charge in [0.05, 0.1) is 11.6 Å². The molecular formula is C23H28BrN3O3. The maximum atomic E-state index is 12.5. The third kappa shape index (κ3) is 5.53. The maximum absolute atomic E-state index is 12.5. The van der Waals surface area contributed by atoms with Crippen molar-refractivity contribution in [3.63, 3.8) is 0 Å². The summed E-state index contributed by atoms with van der Waals surface area (Å²) in [6.07, 6.45) is 0.610. The molecule has 3 rings (SSSR count). The van der Waals surface area contributed by atoms with E-state index in [1.165, 1.54) is 0 Å². The highest BCUT2D eigenvalue weighted by molar-refractivity contribution is 9.10. The molecule has 0 spiro atoms. The number of anilines is 2. The van der Waals surface area contributed by atoms with E-state index >= 15 is 0 Å². The van der Waals surface area contributed by atoms with Crippen LogP contribution >= 0.6 is 15.9 Å². The highest BCUT2D eigenvalue weighted by Crippen LogP contribution is 2.26. The van der Waals surface area contributed by atoms with Gasteiger partial charge in [0.25, 0.3) is 5.91 Å². The van der Waals surface area contributed by atoms with Crippen LogP contribution in [0.5, 0.6) is 5.75 Å². The standard InChI is InChI=1S/C23H28BrN3O3/c1-16(2)14-22(28)27-12-10-26(11-13-27)19-7-5-18(6-8-19)25-23(29)17-4-9-21(30-3)20(24)15-17/h4-9,15-16H,10-14H2,1-3H3,(H,25,29). The molecule has 7 heteroatoms. The minimum atomic E-state index is -0.177. The number of hydrogen-bond acceptors (Lipinski definition) is 4. The van der Waals surface area contributed by atoms with Crippen LogP contribution in [0.1, 0.15) is 30.6 Å². The summed E-state index contributed by atoms with van der Waals surface area (Å²) < 4.78 is 5.94. The Labute approximate surface area is 186 Å². The molecule has 0 bridgehead atoms. The predicted molar refractivity (Wildman–Crippen MR) is 123 cm³/mol. The predicted octanol–water partition coefficient (Wildman–Crippen LogP) is 4.40. The summed E-state index contributed by atoms with van der Waals surface area (Å²) in [5.41, 5.74) is 2.38. The third-order valence-corrected chi connectivity index (χ3v) is 5.74. The lowest BCUT2D eigenvalue weighted by Crippen LogP contribution is -2.49. The molecule has 0 aliphatic carbocycles. The molecule has 1 N–H and O–H groups in total. The summed E-state index contributed by atoms with van der Waals surface area (Å²) in [4.78, 5) is 29.0. The first kappa shape index (κ1) is 22.2. The minimum absolute atomic E-state index is 0.177. The van der Waals surface area contributed by atoms with Gasteiger partial charge in [-0.05, 0) is 64.3 Å². The fourth-order valence-electron chi connectivity index (χ4n) is 3.46. The van der Waals surface area contributed by atoms with Crippen LogP contribution in [-0.4, -0.2) is 50.0 Å². The molecule has 2 amide bonds. The van der Waals surface area contributed by atoms with E-state index in [0.29, 0.717) is 23.7 Å². The second-order valence-corrected chi connectivity index (χ2v) is 8.67. The zero-order chi connectivity index (χ0) is 21.7. The normalized spacial score (nSPS) is 14.0. The van der Waals surface area contributed by atoms with E-state index < -0.39 is 0 Å². The number of hydrogen-bond donors (Lipinski definition) is 1. The second-order valence-electron chi connectivity index (χ2n) is 7.82. The van der Waals surface area contributed by atoms with Gasteiger partial charge in [-0.2, -0.15) is 0 Å². The molecule has 0 radical (unpaired) electrons. The van der Waals surface area contributed by atoms with Crippen LogP contribution in [0.25, 0.3) is 0 Å². The summed E-state index contributed by atoms with van der Waals surface area (Å²) in [5.74, 6) is 1.13. The highest BCUT2D eigenvalue weighted by atomic mass is 79.9. The Hall–Kier alpha value is -2.54. The fraction of sp³-hybridized carbons (Fsp3) is 0.391. The van der Waals surface area contributed by atoms with Crippen LogP contribution < -0.4 is 15.0 Å². The second kappa shape index (κ2) is 9.98. The Morgan fingerprint density at radius 1 is 1.07 bits per heavy atom. The molecule has 6 nitrogen and oxygen atoms in total. The first-order valence-electron chi connectivity index (χ1n) is 10.1. The average Bonchev–Trinajstić information content (AvgIpc) is 2.74. The summed E-state index contributed by atoms with van der Waals surface area (Å²) in [7, 11) is 1.59. The molecule has 0 unspecified atom stereocenters. The zero-order valence-electron chi connectivity index (χ0n) is 17.7. The topological polar surface area (TPSA) is 61.9 Å². The molecule has 2 aromatic carbocycles. The van der Waals surface area contributed by atoms with Crippen molar-refractivity contribution < 1.29 is 14.3 Å². The maximum Gasteiger partial charge on any atom is 0.255 e. The molecule has 1 aliphatic heterocycles. The van der Waals surface area contributed by atoms with E-state index in [9.17, 15) is 9.59 Å². The summed E-state index contributed by atoms with van der Waals surface area (Å²) in [5, 5.41) is 2.92. The molecule has 30 heavy (non-hydrogen) atoms. The van der Waals surface area contributed by atoms with Crippen molar-refractivity contribution in [3.8, 4) is 5.75 Å². The number of ether oxygens (including phenoxy) is 1. The van der Waals surface area contributed by atoms with Crippen molar-refractivity contribution in [1.82, 2.24) is 4.90 Å². The lowest BCUT2D eigenvalue weighted by Gasteiger charge is -2.36. The molecule has 0 aromatic heterocycles. The molecule has 2 aromatic rings. The van der Waals surface area contributed by atoms with Gasteiger partial charge in [-0.3, -0.25) is 9.59 Å². The first-order chi connectivity index (χ1) is 14.4. The largest absolute Gasteiger partial charge is 0.496 e. The van der Waals surface area contributed by atoms with Crippen LogP contribution in [0, 0.1) is 5.92 Å². The number of carbonyl (C=O) groups is 2. The Kier molecular flexibility index (Phi) is 7.37. The first-order valence-corrected chi connectivity index (χ1v) is 10.9. The quantitative estimate of drug-likeness (QED) is 0.674. The van der Waals surface area contributed by atoms with Crippen LogP contribution in [0.3, 0.4) is 0 Å². The van der Waals surface area contributed by atoms with E-state index in [-0.39, 0.29) is 11.8 Å². The van der Waals surface area contributed by atoms with Crippen molar-refractivity contribution in [1.29, 1.82) is 0 Å². The van der Waals surface area contributed by atoms with Gasteiger partial charge in [-0.15, -0.1) is 0 Å². The Bertz CT molecular complexity index is 891. The number of carbonyl (C=O) groups excluding carboxylic acids is 2. The van der Waals surface area contributed by atoms with Gasteiger partial charge in [0.2, 0.25) is 5.91 Å². The van der Waals surface area contributed by atoms with Crippen LogP contribution in [0.15, 0.2) is 46.9 Å². The van der Waals surface area contributed by atoms with E-state index in [1.807, 2.05) is 29.2 Å². The number of rotatable bonds is 6. The van der Waals surface area contributed by atoms with Gasteiger partial charge in [-0.1, -0.05) is 13.8 Å². The van der Waals surface area contributed by atoms with Crippen molar-refractivity contribution in [2.24, 2.45) is 5.92 Å². The van der Waals surface area contributed by atoms with Crippen LogP contribution in [0.2, 0.25) is 0 Å². The Balaban J connectivity index is 1.56. The number of methoxy groups -OCH3 is 1. The Morgan fingerprint density at radius 2 is 1.73 bits per heavy atom. The zero-order valence-corrected chi connectivity index (χ0v) is 19.2. The smallest absolute Gasteiger partial charge is 0.255 e. The third-order valence-electron chi connectivity index (χ3n) is 5.12. The molecule has 0 atom stereocenters. The fourth-order valence-corrected chi connectivity index (χ4v) is 4.00. The Morgan fingerprint density at radius 3 is 2.30 bits per heavy atom. The van der Waals surface area contributed by atoms with Crippen molar-refractivity contribution >= 4 is 39.1 Å². The highest BCUT2D eigenvalue weighted by Gasteiger charge is 2.21. The minimum Gasteiger partial charge on any atom is -0.496 e. The number of amides is 2. The number of halogens is 1. The summed E-state index contributed by atoms with van der Waals surface area (Å²) in [6, 6.07) is 13.0. The molecule has 1 aliphatic rings. The van der Waals surface area contributed by atoms with Crippen molar-refractivity contribution in [3.05, 3.63) is 52.5 Å². The number of piperazine rings is 1. The van der Waals surface area contributed by atoms with Crippen LogP contribution in [0.4, 0.5) is 11.4 Å². The number of nitrogens with zero attached hydrogens (tertiary/aromatic N) is 2. The summed E-state index contributed by atoms with van der Waals surface area (Å²) in [6.45, 7) is 7.27. The van der Waals surface area contributed by atoms with E-state index in [4.69, 9.17) is 4.74 Å². The monoisotopic (exact) mass is 473 g/mol. The number of nitrogens with one attached hydrogen (secondary N) is 1. The van der Waals surface area contributed by atoms with Gasteiger partial charge in [0, 0.05) is 49.5 Å². The molecule has 0 saturated carbocycles. The molecule has 1 heterocycles. The van der Waals surface area contributed by atoms with Gasteiger partial charge in [0.15, 0.2) is 0 Å². The lowest BCUT2D eigenvalue weighted by atomic mass is 10.1. The SMILES string of the molecule is COc1ccc(C(=O)Nc2ccc(N3CCN(C(=O)CC(C)C)CC3)cc2)cc1Br. The molecular weight excluding hydrogens is 446 g/mol. The van der Waals surface area contributed by atoms with E-state index in [1.54, 1.807) is 25.3 Å². The molecule has 160 valence electrons. The lowest BCUT2D eigenvalue weighted by molar-refractivity contribution is -0.132. The van der Waals surface area contributed by atoms with Gasteiger partial charge in [-0.25, -0.2) is 0 Å². The van der Waals surface area contributed by atoms with Crippen LogP contribution in [-0.2, 0) is 4.79 Å². The van der Waals surface area contributed by atoms with Gasteiger partial charge < -0.3 is 19.9 Å².